The number of nitrogens with zero attached hydrogens (tertiary/aromatic N) is 2. The third-order valence-corrected chi connectivity index (χ3v) is 6.18. The Labute approximate surface area is 168 Å². The van der Waals surface area contributed by atoms with E-state index in [1.165, 1.54) is 17.1 Å². The van der Waals surface area contributed by atoms with E-state index in [0.717, 1.165) is 36.3 Å². The number of aromatic nitrogens is 2. The van der Waals surface area contributed by atoms with Gasteiger partial charge in [0.05, 0.1) is 5.52 Å². The van der Waals surface area contributed by atoms with E-state index < -0.39 is 21.5 Å². The lowest BCUT2D eigenvalue weighted by Gasteiger charge is -2.17. The van der Waals surface area contributed by atoms with Gasteiger partial charge >= 0.3 is 0 Å². The van der Waals surface area contributed by atoms with Crippen molar-refractivity contribution < 1.29 is 17.2 Å². The predicted molar refractivity (Wildman–Crippen MR) is 109 cm³/mol. The largest absolute Gasteiger partial charge is 0.310 e. The maximum Gasteiger partial charge on any atom is 0.228 e. The van der Waals surface area contributed by atoms with Gasteiger partial charge in [0.2, 0.25) is 15.0 Å². The van der Waals surface area contributed by atoms with Crippen LogP contribution >= 0.6 is 0 Å². The Morgan fingerprint density at radius 1 is 1.10 bits per heavy atom. The third kappa shape index (κ3) is 3.62. The van der Waals surface area contributed by atoms with E-state index in [1.54, 1.807) is 0 Å². The minimum Gasteiger partial charge on any atom is -0.310 e. The Bertz CT molecular complexity index is 1270. The standard InChI is InChI=1S/C22H20F2N2O2S/c1-14-18(23)12-19-21(20(14)24)25-22(29(2,27)28)26(19)13-15-8-10-17(11-9-15)16-6-4-3-5-7-16/h3-8,10,12H,9,11,13H2,1-2H3. The molecule has 0 unspecified atom stereocenters. The second-order valence-corrected chi connectivity index (χ2v) is 9.21. The predicted octanol–water partition coefficient (Wildman–Crippen LogP) is 4.83. The van der Waals surface area contributed by atoms with Crippen molar-refractivity contribution in [2.24, 2.45) is 0 Å². The number of hydrogen-bond donors (Lipinski definition) is 0. The molecule has 7 heteroatoms. The van der Waals surface area contributed by atoms with Crippen molar-refractivity contribution in [2.75, 3.05) is 6.26 Å². The lowest BCUT2D eigenvalue weighted by molar-refractivity contribution is 0.574. The van der Waals surface area contributed by atoms with Crippen molar-refractivity contribution in [3.05, 3.63) is 76.9 Å². The molecule has 0 aliphatic heterocycles. The van der Waals surface area contributed by atoms with Crippen molar-refractivity contribution in [3.63, 3.8) is 0 Å². The molecular formula is C22H20F2N2O2S. The number of halogens is 2. The Kier molecular flexibility index (Phi) is 4.86. The smallest absolute Gasteiger partial charge is 0.228 e. The maximum absolute atomic E-state index is 14.5. The minimum absolute atomic E-state index is 0.124. The fourth-order valence-electron chi connectivity index (χ4n) is 3.61. The summed E-state index contributed by atoms with van der Waals surface area (Å²) in [5.74, 6) is -1.55. The average molecular weight is 414 g/mol. The molecule has 0 saturated heterocycles. The number of sulfone groups is 1. The molecule has 2 aromatic carbocycles. The van der Waals surface area contributed by atoms with Crippen molar-refractivity contribution in [1.29, 1.82) is 0 Å². The van der Waals surface area contributed by atoms with Gasteiger partial charge in [0.25, 0.3) is 0 Å². The molecule has 0 amide bonds. The monoisotopic (exact) mass is 414 g/mol. The lowest BCUT2D eigenvalue weighted by Crippen LogP contribution is -2.12. The zero-order valence-corrected chi connectivity index (χ0v) is 16.9. The number of rotatable bonds is 4. The molecule has 0 N–H and O–H groups in total. The second kappa shape index (κ2) is 7.22. The summed E-state index contributed by atoms with van der Waals surface area (Å²) in [6.45, 7) is 1.52. The molecule has 150 valence electrons. The molecule has 4 rings (SSSR count). The van der Waals surface area contributed by atoms with Gasteiger partial charge in [0.1, 0.15) is 11.3 Å². The summed E-state index contributed by atoms with van der Waals surface area (Å²) in [5, 5.41) is -0.255. The van der Waals surface area contributed by atoms with E-state index in [1.807, 2.05) is 42.5 Å². The Morgan fingerprint density at radius 3 is 2.45 bits per heavy atom. The zero-order valence-electron chi connectivity index (χ0n) is 16.1. The van der Waals surface area contributed by atoms with E-state index in [9.17, 15) is 17.2 Å². The van der Waals surface area contributed by atoms with E-state index in [2.05, 4.69) is 4.98 Å². The van der Waals surface area contributed by atoms with Gasteiger partial charge in [-0.15, -0.1) is 0 Å². The first kappa shape index (κ1) is 19.5. The van der Waals surface area contributed by atoms with Gasteiger partial charge in [-0.3, -0.25) is 0 Å². The summed E-state index contributed by atoms with van der Waals surface area (Å²) in [4.78, 5) is 4.00. The fraction of sp³-hybridized carbons (Fsp3) is 0.227. The summed E-state index contributed by atoms with van der Waals surface area (Å²) in [6, 6.07) is 11.2. The maximum atomic E-state index is 14.5. The van der Waals surface area contributed by atoms with Crippen molar-refractivity contribution >= 4 is 26.4 Å². The highest BCUT2D eigenvalue weighted by Gasteiger charge is 2.24. The summed E-state index contributed by atoms with van der Waals surface area (Å²) in [5.41, 5.74) is 3.16. The first-order chi connectivity index (χ1) is 13.8. The molecule has 1 aliphatic rings. The molecule has 1 heterocycles. The van der Waals surface area contributed by atoms with Gasteiger partial charge in [-0.25, -0.2) is 22.2 Å². The molecule has 1 aliphatic carbocycles. The van der Waals surface area contributed by atoms with Gasteiger partial charge in [-0.2, -0.15) is 0 Å². The van der Waals surface area contributed by atoms with Gasteiger partial charge in [0.15, 0.2) is 5.82 Å². The van der Waals surface area contributed by atoms with Crippen LogP contribution in [0.1, 0.15) is 24.0 Å². The zero-order chi connectivity index (χ0) is 20.8. The number of benzene rings is 2. The molecule has 1 aromatic heterocycles. The van der Waals surface area contributed by atoms with Crippen LogP contribution in [0.25, 0.3) is 16.6 Å². The summed E-state index contributed by atoms with van der Waals surface area (Å²) in [6.07, 6.45) is 6.51. The quantitative estimate of drug-likeness (QED) is 0.614. The van der Waals surface area contributed by atoms with Gasteiger partial charge in [0, 0.05) is 24.4 Å². The second-order valence-electron chi connectivity index (χ2n) is 7.30. The molecule has 0 radical (unpaired) electrons. The van der Waals surface area contributed by atoms with Gasteiger partial charge in [-0.1, -0.05) is 48.1 Å². The van der Waals surface area contributed by atoms with Crippen molar-refractivity contribution in [3.8, 4) is 0 Å². The Morgan fingerprint density at radius 2 is 1.83 bits per heavy atom. The number of fused-ring (bicyclic) bond motifs is 1. The third-order valence-electron chi connectivity index (χ3n) is 5.20. The number of imidazole rings is 1. The van der Waals surface area contributed by atoms with Crippen LogP contribution in [0, 0.1) is 18.6 Å². The van der Waals surface area contributed by atoms with Crippen LogP contribution in [-0.4, -0.2) is 24.2 Å². The highest BCUT2D eigenvalue weighted by atomic mass is 32.2. The topological polar surface area (TPSA) is 52.0 Å². The molecular weight excluding hydrogens is 394 g/mol. The molecule has 0 fully saturated rings. The minimum atomic E-state index is -3.72. The normalized spacial score (nSPS) is 14.8. The van der Waals surface area contributed by atoms with E-state index in [0.29, 0.717) is 0 Å². The van der Waals surface area contributed by atoms with E-state index >= 15 is 0 Å². The highest BCUT2D eigenvalue weighted by Crippen LogP contribution is 2.31. The van der Waals surface area contributed by atoms with Crippen LogP contribution in [0.2, 0.25) is 0 Å². The van der Waals surface area contributed by atoms with Gasteiger partial charge < -0.3 is 4.57 Å². The van der Waals surface area contributed by atoms with Crippen LogP contribution in [0.4, 0.5) is 8.78 Å². The Balaban J connectivity index is 1.78. The summed E-state index contributed by atoms with van der Waals surface area (Å²) < 4.78 is 54.6. The van der Waals surface area contributed by atoms with E-state index in [4.69, 9.17) is 0 Å². The van der Waals surface area contributed by atoms with Crippen LogP contribution in [-0.2, 0) is 16.4 Å². The first-order valence-corrected chi connectivity index (χ1v) is 11.1. The van der Waals surface area contributed by atoms with Crippen molar-refractivity contribution in [2.45, 2.75) is 31.5 Å². The Hall–Kier alpha value is -2.80. The number of hydrogen-bond acceptors (Lipinski definition) is 3. The van der Waals surface area contributed by atoms with Crippen LogP contribution in [0.15, 0.2) is 59.3 Å². The molecule has 0 bridgehead atoms. The van der Waals surface area contributed by atoms with Crippen LogP contribution < -0.4 is 0 Å². The van der Waals surface area contributed by atoms with Crippen LogP contribution in [0.3, 0.4) is 0 Å². The number of allylic oxidation sites excluding steroid dienone is 4. The molecule has 0 spiro atoms. The van der Waals surface area contributed by atoms with Crippen LogP contribution in [0.5, 0.6) is 0 Å². The molecule has 0 atom stereocenters. The van der Waals surface area contributed by atoms with E-state index in [-0.39, 0.29) is 28.3 Å². The first-order valence-electron chi connectivity index (χ1n) is 9.24. The average Bonchev–Trinajstić information content (AvgIpc) is 3.06. The molecule has 3 aromatic rings. The lowest BCUT2D eigenvalue weighted by atomic mass is 9.93. The summed E-state index contributed by atoms with van der Waals surface area (Å²) >= 11 is 0. The molecule has 29 heavy (non-hydrogen) atoms. The fourth-order valence-corrected chi connectivity index (χ4v) is 4.43. The summed E-state index contributed by atoms with van der Waals surface area (Å²) in [7, 11) is -3.72. The molecule has 4 nitrogen and oxygen atoms in total. The highest BCUT2D eigenvalue weighted by molar-refractivity contribution is 7.90. The van der Waals surface area contributed by atoms with Gasteiger partial charge in [-0.05, 0) is 30.9 Å². The van der Waals surface area contributed by atoms with Crippen molar-refractivity contribution in [1.82, 2.24) is 9.55 Å². The molecule has 0 saturated carbocycles. The SMILES string of the molecule is Cc1c(F)cc2c(nc(S(C)(=O)=O)n2CC2=CC=C(c3ccccc3)CC2)c1F.